The zero-order valence-electron chi connectivity index (χ0n) is 32.8. The molecular formula is C43H47ClN6O7. The van der Waals surface area contributed by atoms with E-state index in [9.17, 15) is 29.2 Å². The first-order valence-corrected chi connectivity index (χ1v) is 19.7. The first-order valence-electron chi connectivity index (χ1n) is 19.3. The van der Waals surface area contributed by atoms with Crippen LogP contribution < -0.4 is 15.4 Å². The molecule has 3 aliphatic heterocycles. The van der Waals surface area contributed by atoms with Crippen molar-refractivity contribution in [1.29, 1.82) is 5.26 Å². The number of aliphatic imine (C=N–C) groups is 1. The third-order valence-electron chi connectivity index (χ3n) is 12.3. The molecule has 57 heavy (non-hydrogen) atoms. The Bertz CT molecular complexity index is 2120. The maximum absolute atomic E-state index is 13.5. The van der Waals surface area contributed by atoms with E-state index >= 15 is 0 Å². The molecule has 2 saturated carbocycles. The Labute approximate surface area is 337 Å². The minimum Gasteiger partial charge on any atom is -0.491 e. The number of nitrogens with zero attached hydrogens (tertiary/aromatic N) is 4. The summed E-state index contributed by atoms with van der Waals surface area (Å²) >= 11 is 6.23. The molecule has 2 N–H and O–H groups in total. The number of benzene rings is 2. The van der Waals surface area contributed by atoms with Gasteiger partial charge in [-0.25, -0.2) is 0 Å². The number of carbonyl (C=O) groups is 5. The summed E-state index contributed by atoms with van der Waals surface area (Å²) in [6.45, 7) is 13.6. The van der Waals surface area contributed by atoms with Crippen LogP contribution in [0.25, 0.3) is 0 Å². The van der Waals surface area contributed by atoms with E-state index in [-0.39, 0.29) is 42.7 Å². The van der Waals surface area contributed by atoms with Gasteiger partial charge < -0.3 is 14.8 Å². The van der Waals surface area contributed by atoms with Gasteiger partial charge in [-0.15, -0.1) is 0 Å². The Balaban J connectivity index is 0.881. The Morgan fingerprint density at radius 1 is 0.982 bits per heavy atom. The van der Waals surface area contributed by atoms with Gasteiger partial charge in [0.2, 0.25) is 11.8 Å². The molecule has 7 rings (SSSR count). The topological polar surface area (TPSA) is 170 Å². The van der Waals surface area contributed by atoms with Gasteiger partial charge in [0.05, 0.1) is 27.8 Å². The highest BCUT2D eigenvalue weighted by Gasteiger charge is 2.64. The largest absolute Gasteiger partial charge is 0.491 e. The molecule has 1 unspecified atom stereocenters. The number of hydrogen-bond donors (Lipinski definition) is 2. The third-order valence-corrected chi connectivity index (χ3v) is 12.6. The summed E-state index contributed by atoms with van der Waals surface area (Å²) in [5.74, 6) is -1.32. The molecule has 0 aromatic heterocycles. The molecule has 1 saturated heterocycles. The summed E-state index contributed by atoms with van der Waals surface area (Å²) in [6.07, 6.45) is 6.66. The molecule has 1 atom stereocenters. The summed E-state index contributed by atoms with van der Waals surface area (Å²) in [6, 6.07) is 9.74. The van der Waals surface area contributed by atoms with Gasteiger partial charge in [0.25, 0.3) is 17.7 Å². The molecule has 14 heteroatoms. The average molecular weight is 795 g/mol. The van der Waals surface area contributed by atoms with Crippen LogP contribution in [-0.2, 0) is 32.2 Å². The maximum atomic E-state index is 13.5. The van der Waals surface area contributed by atoms with Crippen LogP contribution >= 0.6 is 11.6 Å². The van der Waals surface area contributed by atoms with Gasteiger partial charge in [0, 0.05) is 55.5 Å². The first-order chi connectivity index (χ1) is 27.0. The lowest BCUT2D eigenvalue weighted by molar-refractivity contribution is -0.171. The molecule has 13 nitrogen and oxygen atoms in total. The third kappa shape index (κ3) is 7.37. The fourth-order valence-electron chi connectivity index (χ4n) is 9.66. The Hall–Kier alpha value is -5.32. The summed E-state index contributed by atoms with van der Waals surface area (Å²) in [5, 5.41) is 14.9. The fourth-order valence-corrected chi connectivity index (χ4v) is 9.87. The van der Waals surface area contributed by atoms with Crippen LogP contribution in [-0.4, -0.2) is 82.4 Å². The number of piperidine rings is 1. The number of carbonyl (C=O) groups excluding carboxylic acids is 5. The average Bonchev–Trinajstić information content (AvgIpc) is 3.69. The van der Waals surface area contributed by atoms with Crippen molar-refractivity contribution in [3.63, 3.8) is 0 Å². The lowest BCUT2D eigenvalue weighted by Crippen LogP contribution is -2.75. The minimum absolute atomic E-state index is 0.0315. The molecule has 0 bridgehead atoms. The zero-order valence-corrected chi connectivity index (χ0v) is 33.6. The van der Waals surface area contributed by atoms with Crippen LogP contribution in [0.1, 0.15) is 104 Å². The Morgan fingerprint density at radius 3 is 2.18 bits per heavy atom. The predicted octanol–water partition coefficient (Wildman–Crippen LogP) is 5.40. The Morgan fingerprint density at radius 2 is 1.61 bits per heavy atom. The highest BCUT2D eigenvalue weighted by atomic mass is 35.5. The van der Waals surface area contributed by atoms with Gasteiger partial charge >= 0.3 is 0 Å². The summed E-state index contributed by atoms with van der Waals surface area (Å²) in [5.41, 5.74) is 2.38. The zero-order chi connectivity index (χ0) is 41.0. The van der Waals surface area contributed by atoms with E-state index in [0.717, 1.165) is 41.7 Å². The van der Waals surface area contributed by atoms with Crippen molar-refractivity contribution in [3.05, 3.63) is 87.7 Å². The number of ether oxygens (including phenoxy) is 2. The summed E-state index contributed by atoms with van der Waals surface area (Å²) < 4.78 is 12.6. The molecule has 5 amide bonds. The maximum Gasteiger partial charge on any atom is 0.269 e. The highest BCUT2D eigenvalue weighted by molar-refractivity contribution is 6.43. The van der Waals surface area contributed by atoms with E-state index in [0.29, 0.717) is 52.4 Å². The standard InChI is InChI=1S/C43H47ClN6O7/c1-23(7-14-33(46-6)36(52)48-40-42(2,3)41(43(40,4)5)57-29-11-8-24(20-45)32(44)19-29)56-28-12-9-27(10-13-28)49-21-25-17-30-31(18-26(25)22-49)39(55)50(38(30)54)34-15-16-35(51)47-37(34)53/h7-8,11,14,17-19,27-28,34,40-41H,1,9-10,12-13,15-16,21-22H2,2-6H3,(H,48,52)(H,47,51,53)/b14-7-,46-33+/t27-,28-,34?,40-,41-. The van der Waals surface area contributed by atoms with Crippen LogP contribution in [0.2, 0.25) is 5.02 Å². The molecule has 0 spiro atoms. The molecule has 5 aliphatic rings. The smallest absolute Gasteiger partial charge is 0.269 e. The van der Waals surface area contributed by atoms with E-state index in [2.05, 4.69) is 33.2 Å². The molecular weight excluding hydrogens is 748 g/mol. The number of nitrogens with one attached hydrogen (secondary N) is 2. The van der Waals surface area contributed by atoms with Crippen LogP contribution in [0, 0.1) is 22.2 Å². The molecule has 3 fully saturated rings. The molecule has 2 aromatic carbocycles. The quantitative estimate of drug-likeness (QED) is 0.139. The number of allylic oxidation sites excluding steroid dienone is 1. The normalized spacial score (nSPS) is 26.6. The van der Waals surface area contributed by atoms with Crippen molar-refractivity contribution < 1.29 is 33.4 Å². The second-order valence-electron chi connectivity index (χ2n) is 16.8. The monoisotopic (exact) mass is 794 g/mol. The van der Waals surface area contributed by atoms with Crippen molar-refractivity contribution in [2.45, 2.75) is 110 Å². The van der Waals surface area contributed by atoms with Crippen LogP contribution in [0.5, 0.6) is 5.75 Å². The Kier molecular flexibility index (Phi) is 10.6. The lowest BCUT2D eigenvalue weighted by atomic mass is 9.49. The van der Waals surface area contributed by atoms with Crippen molar-refractivity contribution in [2.24, 2.45) is 15.8 Å². The SMILES string of the molecule is C=C(/C=C\C(=N/C)C(=O)N[C@H]1C(C)(C)[C@H](Oc2ccc(C#N)c(Cl)c2)C1(C)C)O[C@H]1CC[C@H](N2Cc3cc4c(cc3C2)C(=O)N(C2CCC(=O)NC2=O)C4=O)CC1. The van der Waals surface area contributed by atoms with E-state index in [1.165, 1.54) is 0 Å². The van der Waals surface area contributed by atoms with Crippen molar-refractivity contribution in [3.8, 4) is 11.8 Å². The number of imide groups is 2. The molecule has 0 radical (unpaired) electrons. The van der Waals surface area contributed by atoms with Gasteiger partial charge in [0.15, 0.2) is 0 Å². The van der Waals surface area contributed by atoms with Crippen molar-refractivity contribution in [2.75, 3.05) is 7.05 Å². The number of hydrogen-bond acceptors (Lipinski definition) is 10. The molecule has 3 heterocycles. The van der Waals surface area contributed by atoms with E-state index in [4.69, 9.17) is 21.1 Å². The molecule has 2 aromatic rings. The predicted molar refractivity (Wildman–Crippen MR) is 211 cm³/mol. The summed E-state index contributed by atoms with van der Waals surface area (Å²) in [7, 11) is 1.57. The minimum atomic E-state index is -0.983. The molecule has 298 valence electrons. The van der Waals surface area contributed by atoms with Crippen molar-refractivity contribution >= 4 is 46.8 Å². The first kappa shape index (κ1) is 39.9. The van der Waals surface area contributed by atoms with E-state index < -0.39 is 40.5 Å². The van der Waals surface area contributed by atoms with Gasteiger partial charge in [-0.2, -0.15) is 5.26 Å². The molecule has 2 aliphatic carbocycles. The number of amides is 5. The highest BCUT2D eigenvalue weighted by Crippen LogP contribution is 2.55. The lowest BCUT2D eigenvalue weighted by Gasteiger charge is -2.63. The van der Waals surface area contributed by atoms with Crippen LogP contribution in [0.15, 0.2) is 59.8 Å². The second kappa shape index (κ2) is 15.2. The van der Waals surface area contributed by atoms with Crippen molar-refractivity contribution in [1.82, 2.24) is 20.4 Å². The van der Waals surface area contributed by atoms with Crippen LogP contribution in [0.4, 0.5) is 0 Å². The number of fused-ring (bicyclic) bond motifs is 2. The van der Waals surface area contributed by atoms with Gasteiger partial charge in [-0.05, 0) is 79.6 Å². The summed E-state index contributed by atoms with van der Waals surface area (Å²) in [4.78, 5) is 71.8. The second-order valence-corrected chi connectivity index (χ2v) is 17.2. The van der Waals surface area contributed by atoms with Gasteiger partial charge in [0.1, 0.15) is 35.4 Å². The van der Waals surface area contributed by atoms with E-state index in [1.54, 1.807) is 49.5 Å². The number of nitriles is 1. The van der Waals surface area contributed by atoms with Gasteiger partial charge in [-0.1, -0.05) is 45.9 Å². The fraction of sp³-hybridized carbons (Fsp3) is 0.465. The van der Waals surface area contributed by atoms with Crippen LogP contribution in [0.3, 0.4) is 0 Å². The number of rotatable bonds is 10. The van der Waals surface area contributed by atoms with Gasteiger partial charge in [-0.3, -0.25) is 44.1 Å². The van der Waals surface area contributed by atoms with E-state index in [1.807, 2.05) is 27.7 Å². The number of halogens is 1.